The molecule has 116 valence electrons. The van der Waals surface area contributed by atoms with Crippen LogP contribution in [0.3, 0.4) is 0 Å². The smallest absolute Gasteiger partial charge is 0.242 e. The van der Waals surface area contributed by atoms with E-state index in [4.69, 9.17) is 0 Å². The predicted molar refractivity (Wildman–Crippen MR) is 82.4 cm³/mol. The van der Waals surface area contributed by atoms with Crippen molar-refractivity contribution in [2.75, 3.05) is 18.4 Å². The van der Waals surface area contributed by atoms with Crippen LogP contribution in [0.1, 0.15) is 12.5 Å². The van der Waals surface area contributed by atoms with Crippen LogP contribution in [0.25, 0.3) is 0 Å². The zero-order chi connectivity index (χ0) is 15.9. The monoisotopic (exact) mass is 304 g/mol. The van der Waals surface area contributed by atoms with Crippen molar-refractivity contribution in [1.29, 1.82) is 0 Å². The van der Waals surface area contributed by atoms with E-state index in [1.165, 1.54) is 6.07 Å². The van der Waals surface area contributed by atoms with Gasteiger partial charge in [0, 0.05) is 24.8 Å². The summed E-state index contributed by atoms with van der Waals surface area (Å²) < 4.78 is 26.0. The number of anilines is 1. The van der Waals surface area contributed by atoms with Gasteiger partial charge in [-0.15, -0.1) is 0 Å². The molecule has 0 aliphatic carbocycles. The standard InChI is InChI=1S/C17H18F2N2O/c1-2-21(12-13-6-4-3-5-7-13)17(22)11-20-14-8-9-15(18)16(19)10-14/h3-10,20H,2,11-12H2,1H3. The van der Waals surface area contributed by atoms with E-state index < -0.39 is 11.6 Å². The van der Waals surface area contributed by atoms with Crippen LogP contribution < -0.4 is 5.32 Å². The molecule has 0 radical (unpaired) electrons. The summed E-state index contributed by atoms with van der Waals surface area (Å²) in [7, 11) is 0. The van der Waals surface area contributed by atoms with Crippen molar-refractivity contribution in [3.63, 3.8) is 0 Å². The van der Waals surface area contributed by atoms with Crippen LogP contribution >= 0.6 is 0 Å². The third-order valence-electron chi connectivity index (χ3n) is 3.31. The summed E-state index contributed by atoms with van der Waals surface area (Å²) in [6.07, 6.45) is 0. The molecule has 3 nitrogen and oxygen atoms in total. The van der Waals surface area contributed by atoms with E-state index in [-0.39, 0.29) is 12.5 Å². The molecule has 0 aliphatic heterocycles. The average molecular weight is 304 g/mol. The lowest BCUT2D eigenvalue weighted by atomic mass is 10.2. The minimum Gasteiger partial charge on any atom is -0.376 e. The summed E-state index contributed by atoms with van der Waals surface area (Å²) in [5.74, 6) is -1.94. The first kappa shape index (κ1) is 15.9. The minimum absolute atomic E-state index is 0.0335. The van der Waals surface area contributed by atoms with Gasteiger partial charge in [-0.2, -0.15) is 0 Å². The lowest BCUT2D eigenvalue weighted by molar-refractivity contribution is -0.129. The highest BCUT2D eigenvalue weighted by atomic mass is 19.2. The van der Waals surface area contributed by atoms with Gasteiger partial charge < -0.3 is 10.2 Å². The number of hydrogen-bond acceptors (Lipinski definition) is 2. The molecule has 0 spiro atoms. The van der Waals surface area contributed by atoms with Gasteiger partial charge in [0.1, 0.15) is 0 Å². The van der Waals surface area contributed by atoms with Crippen LogP contribution in [0, 0.1) is 11.6 Å². The van der Waals surface area contributed by atoms with Gasteiger partial charge in [-0.05, 0) is 24.6 Å². The Morgan fingerprint density at radius 2 is 1.82 bits per heavy atom. The summed E-state index contributed by atoms with van der Waals surface area (Å²) in [6.45, 7) is 3.03. The third-order valence-corrected chi connectivity index (χ3v) is 3.31. The molecular formula is C17H18F2N2O. The highest BCUT2D eigenvalue weighted by Crippen LogP contribution is 2.13. The van der Waals surface area contributed by atoms with E-state index in [0.29, 0.717) is 18.8 Å². The first-order valence-electron chi connectivity index (χ1n) is 7.10. The SMILES string of the molecule is CCN(Cc1ccccc1)C(=O)CNc1ccc(F)c(F)c1. The van der Waals surface area contributed by atoms with Crippen LogP contribution in [0.4, 0.5) is 14.5 Å². The Kier molecular flexibility index (Phi) is 5.47. The topological polar surface area (TPSA) is 32.3 Å². The number of halogens is 2. The van der Waals surface area contributed by atoms with Gasteiger partial charge in [0.25, 0.3) is 0 Å². The highest BCUT2D eigenvalue weighted by Gasteiger charge is 2.12. The lowest BCUT2D eigenvalue weighted by Crippen LogP contribution is -2.34. The molecule has 0 bridgehead atoms. The molecule has 0 saturated carbocycles. The maximum Gasteiger partial charge on any atom is 0.242 e. The number of rotatable bonds is 6. The van der Waals surface area contributed by atoms with E-state index in [2.05, 4.69) is 5.32 Å². The first-order valence-corrected chi connectivity index (χ1v) is 7.10. The maximum absolute atomic E-state index is 13.1. The Labute approximate surface area is 128 Å². The van der Waals surface area contributed by atoms with Crippen LogP contribution in [-0.2, 0) is 11.3 Å². The minimum atomic E-state index is -0.936. The predicted octanol–water partition coefficient (Wildman–Crippen LogP) is 3.43. The molecule has 0 aliphatic rings. The summed E-state index contributed by atoms with van der Waals surface area (Å²) in [5, 5.41) is 2.82. The molecule has 0 unspecified atom stereocenters. The lowest BCUT2D eigenvalue weighted by Gasteiger charge is -2.21. The Balaban J connectivity index is 1.93. The van der Waals surface area contributed by atoms with Gasteiger partial charge in [-0.3, -0.25) is 4.79 Å². The van der Waals surface area contributed by atoms with Gasteiger partial charge in [0.15, 0.2) is 11.6 Å². The normalized spacial score (nSPS) is 10.3. The molecule has 0 aromatic heterocycles. The number of benzene rings is 2. The van der Waals surface area contributed by atoms with E-state index in [9.17, 15) is 13.6 Å². The number of nitrogens with zero attached hydrogens (tertiary/aromatic N) is 1. The highest BCUT2D eigenvalue weighted by molar-refractivity contribution is 5.80. The van der Waals surface area contributed by atoms with Crippen LogP contribution in [-0.4, -0.2) is 23.9 Å². The fourth-order valence-electron chi connectivity index (χ4n) is 2.08. The Morgan fingerprint density at radius 1 is 1.09 bits per heavy atom. The second-order valence-corrected chi connectivity index (χ2v) is 4.88. The van der Waals surface area contributed by atoms with Crippen molar-refractivity contribution in [2.45, 2.75) is 13.5 Å². The van der Waals surface area contributed by atoms with Crippen molar-refractivity contribution in [2.24, 2.45) is 0 Å². The van der Waals surface area contributed by atoms with Gasteiger partial charge >= 0.3 is 0 Å². The molecule has 0 atom stereocenters. The van der Waals surface area contributed by atoms with Crippen LogP contribution in [0.5, 0.6) is 0 Å². The van der Waals surface area contributed by atoms with Gasteiger partial charge in [0.2, 0.25) is 5.91 Å². The van der Waals surface area contributed by atoms with E-state index in [1.807, 2.05) is 37.3 Å². The quantitative estimate of drug-likeness (QED) is 0.887. The Bertz CT molecular complexity index is 632. The van der Waals surface area contributed by atoms with Crippen molar-refractivity contribution in [3.05, 3.63) is 65.7 Å². The second-order valence-electron chi connectivity index (χ2n) is 4.88. The summed E-state index contributed by atoms with van der Waals surface area (Å²) in [4.78, 5) is 13.9. The van der Waals surface area contributed by atoms with Crippen molar-refractivity contribution in [1.82, 2.24) is 4.90 Å². The molecule has 0 fully saturated rings. The molecule has 1 N–H and O–H groups in total. The van der Waals surface area contributed by atoms with Crippen molar-refractivity contribution < 1.29 is 13.6 Å². The first-order chi connectivity index (χ1) is 10.6. The summed E-state index contributed by atoms with van der Waals surface area (Å²) in [5.41, 5.74) is 1.42. The number of carbonyl (C=O) groups excluding carboxylic acids is 1. The molecule has 5 heteroatoms. The van der Waals surface area contributed by atoms with E-state index in [0.717, 1.165) is 17.7 Å². The largest absolute Gasteiger partial charge is 0.376 e. The van der Waals surface area contributed by atoms with Crippen LogP contribution in [0.15, 0.2) is 48.5 Å². The maximum atomic E-state index is 13.1. The van der Waals surface area contributed by atoms with E-state index in [1.54, 1.807) is 4.90 Å². The summed E-state index contributed by atoms with van der Waals surface area (Å²) in [6, 6.07) is 13.2. The van der Waals surface area contributed by atoms with Gasteiger partial charge in [-0.1, -0.05) is 30.3 Å². The number of likely N-dealkylation sites (N-methyl/N-ethyl adjacent to an activating group) is 1. The van der Waals surface area contributed by atoms with Crippen molar-refractivity contribution >= 4 is 11.6 Å². The van der Waals surface area contributed by atoms with Gasteiger partial charge in [0.05, 0.1) is 6.54 Å². The summed E-state index contributed by atoms with van der Waals surface area (Å²) >= 11 is 0. The van der Waals surface area contributed by atoms with E-state index >= 15 is 0 Å². The molecule has 2 aromatic rings. The zero-order valence-corrected chi connectivity index (χ0v) is 12.4. The van der Waals surface area contributed by atoms with Crippen LogP contribution in [0.2, 0.25) is 0 Å². The van der Waals surface area contributed by atoms with Crippen molar-refractivity contribution in [3.8, 4) is 0 Å². The number of amides is 1. The number of carbonyl (C=O) groups is 1. The zero-order valence-electron chi connectivity index (χ0n) is 12.4. The Morgan fingerprint density at radius 3 is 2.45 bits per heavy atom. The molecule has 1 amide bonds. The fraction of sp³-hybridized carbons (Fsp3) is 0.235. The molecule has 2 rings (SSSR count). The molecule has 0 saturated heterocycles. The molecule has 22 heavy (non-hydrogen) atoms. The fourth-order valence-corrected chi connectivity index (χ4v) is 2.08. The number of hydrogen-bond donors (Lipinski definition) is 1. The number of nitrogens with one attached hydrogen (secondary N) is 1. The third kappa shape index (κ3) is 4.28. The Hall–Kier alpha value is -2.43. The second kappa shape index (κ2) is 7.54. The molecular weight excluding hydrogens is 286 g/mol. The molecule has 2 aromatic carbocycles. The molecule has 0 heterocycles. The average Bonchev–Trinajstić information content (AvgIpc) is 2.54. The van der Waals surface area contributed by atoms with Gasteiger partial charge in [-0.25, -0.2) is 8.78 Å².